The molecule has 0 atom stereocenters. The van der Waals surface area contributed by atoms with E-state index in [4.69, 9.17) is 0 Å². The van der Waals surface area contributed by atoms with E-state index < -0.39 is 0 Å². The number of hydrogen-bond acceptors (Lipinski definition) is 5. The highest BCUT2D eigenvalue weighted by molar-refractivity contribution is 5.72. The summed E-state index contributed by atoms with van der Waals surface area (Å²) in [7, 11) is 3.69. The van der Waals surface area contributed by atoms with Crippen molar-refractivity contribution in [1.82, 2.24) is 19.7 Å². The molecule has 0 radical (unpaired) electrons. The Morgan fingerprint density at radius 1 is 1.10 bits per heavy atom. The number of phenols is 1. The average Bonchev–Trinajstić information content (AvgIpc) is 2.94. The number of hydrogen-bond donors (Lipinski definition) is 2. The maximum absolute atomic E-state index is 10.2. The highest BCUT2D eigenvalue weighted by Crippen LogP contribution is 2.31. The monoisotopic (exact) mass is 281 g/mol. The second-order valence-corrected chi connectivity index (χ2v) is 4.71. The number of nitrogens with zero attached hydrogens (tertiary/aromatic N) is 4. The Balaban J connectivity index is 1.97. The lowest BCUT2D eigenvalue weighted by Crippen LogP contribution is -1.95. The Morgan fingerprint density at radius 2 is 1.95 bits per heavy atom. The highest BCUT2D eigenvalue weighted by atomic mass is 16.3. The highest BCUT2D eigenvalue weighted by Gasteiger charge is 2.09. The number of aryl methyl sites for hydroxylation is 1. The Morgan fingerprint density at radius 3 is 2.52 bits per heavy atom. The molecule has 0 aliphatic heterocycles. The van der Waals surface area contributed by atoms with Gasteiger partial charge in [0.2, 0.25) is 0 Å². The zero-order valence-electron chi connectivity index (χ0n) is 11.8. The molecule has 3 aromatic rings. The SMILES string of the molecule is CNc1ccc(-c2ccc(-c3cn(C)cn3)cc2O)nn1. The molecule has 2 heterocycles. The molecule has 0 saturated heterocycles. The lowest BCUT2D eigenvalue weighted by molar-refractivity contribution is 0.477. The van der Waals surface area contributed by atoms with Crippen molar-refractivity contribution in [3.05, 3.63) is 42.9 Å². The maximum atomic E-state index is 10.2. The van der Waals surface area contributed by atoms with Crippen molar-refractivity contribution >= 4 is 5.82 Å². The van der Waals surface area contributed by atoms with E-state index in [1.165, 1.54) is 0 Å². The van der Waals surface area contributed by atoms with Gasteiger partial charge in [-0.05, 0) is 24.3 Å². The third-order valence-electron chi connectivity index (χ3n) is 3.20. The smallest absolute Gasteiger partial charge is 0.148 e. The van der Waals surface area contributed by atoms with E-state index >= 15 is 0 Å². The summed E-state index contributed by atoms with van der Waals surface area (Å²) >= 11 is 0. The predicted molar refractivity (Wildman–Crippen MR) is 80.9 cm³/mol. The van der Waals surface area contributed by atoms with Crippen molar-refractivity contribution in [2.24, 2.45) is 7.05 Å². The fourth-order valence-corrected chi connectivity index (χ4v) is 2.08. The van der Waals surface area contributed by atoms with E-state index in [1.807, 2.05) is 42.1 Å². The van der Waals surface area contributed by atoms with Gasteiger partial charge < -0.3 is 15.0 Å². The van der Waals surface area contributed by atoms with Crippen LogP contribution in [-0.2, 0) is 7.05 Å². The van der Waals surface area contributed by atoms with E-state index in [1.54, 1.807) is 19.4 Å². The first kappa shape index (κ1) is 13.1. The van der Waals surface area contributed by atoms with Crippen LogP contribution in [0.15, 0.2) is 42.9 Å². The molecule has 3 rings (SSSR count). The molecule has 0 aliphatic rings. The zero-order chi connectivity index (χ0) is 14.8. The quantitative estimate of drug-likeness (QED) is 0.770. The molecule has 6 heteroatoms. The number of nitrogens with one attached hydrogen (secondary N) is 1. The largest absolute Gasteiger partial charge is 0.507 e. The summed E-state index contributed by atoms with van der Waals surface area (Å²) in [5.74, 6) is 0.841. The average molecular weight is 281 g/mol. The van der Waals surface area contributed by atoms with Crippen LogP contribution in [-0.4, -0.2) is 31.9 Å². The van der Waals surface area contributed by atoms with Crippen molar-refractivity contribution in [3.8, 4) is 28.3 Å². The van der Waals surface area contributed by atoms with Gasteiger partial charge in [0, 0.05) is 31.4 Å². The minimum atomic E-state index is 0.157. The molecule has 0 aliphatic carbocycles. The molecule has 0 amide bonds. The van der Waals surface area contributed by atoms with Crippen LogP contribution in [0.5, 0.6) is 5.75 Å². The standard InChI is InChI=1S/C15H15N5O/c1-16-15-6-5-12(18-19-15)11-4-3-10(7-14(11)21)13-8-20(2)9-17-13/h3-9,21H,1-2H3,(H,16,19). The number of aromatic nitrogens is 4. The van der Waals surface area contributed by atoms with Crippen molar-refractivity contribution in [1.29, 1.82) is 0 Å². The van der Waals surface area contributed by atoms with Gasteiger partial charge in [-0.2, -0.15) is 0 Å². The lowest BCUT2D eigenvalue weighted by Gasteiger charge is -2.06. The first-order chi connectivity index (χ1) is 10.2. The van der Waals surface area contributed by atoms with Gasteiger partial charge in [-0.15, -0.1) is 10.2 Å². The fourth-order valence-electron chi connectivity index (χ4n) is 2.08. The van der Waals surface area contributed by atoms with Gasteiger partial charge in [0.05, 0.1) is 17.7 Å². The Labute approximate surface area is 122 Å². The van der Waals surface area contributed by atoms with Crippen LogP contribution in [0.2, 0.25) is 0 Å². The van der Waals surface area contributed by atoms with Gasteiger partial charge in [0.15, 0.2) is 0 Å². The molecule has 0 spiro atoms. The molecular weight excluding hydrogens is 266 g/mol. The zero-order valence-corrected chi connectivity index (χ0v) is 11.8. The Bertz CT molecular complexity index is 764. The van der Waals surface area contributed by atoms with Gasteiger partial charge in [-0.25, -0.2) is 4.98 Å². The molecule has 2 N–H and O–H groups in total. The van der Waals surface area contributed by atoms with Gasteiger partial charge in [-0.3, -0.25) is 0 Å². The topological polar surface area (TPSA) is 75.9 Å². The van der Waals surface area contributed by atoms with Crippen molar-refractivity contribution in [2.45, 2.75) is 0 Å². The number of rotatable bonds is 3. The second kappa shape index (κ2) is 5.24. The van der Waals surface area contributed by atoms with E-state index in [-0.39, 0.29) is 5.75 Å². The second-order valence-electron chi connectivity index (χ2n) is 4.71. The van der Waals surface area contributed by atoms with Gasteiger partial charge in [0.25, 0.3) is 0 Å². The van der Waals surface area contributed by atoms with Crippen molar-refractivity contribution in [2.75, 3.05) is 12.4 Å². The van der Waals surface area contributed by atoms with Crippen LogP contribution < -0.4 is 5.32 Å². The molecular formula is C15H15N5O. The molecule has 0 unspecified atom stereocenters. The van der Waals surface area contributed by atoms with Crippen LogP contribution in [0.4, 0.5) is 5.82 Å². The van der Waals surface area contributed by atoms with Crippen molar-refractivity contribution in [3.63, 3.8) is 0 Å². The number of imidazole rings is 1. The van der Waals surface area contributed by atoms with Crippen LogP contribution >= 0.6 is 0 Å². The van der Waals surface area contributed by atoms with Crippen LogP contribution in [0.1, 0.15) is 0 Å². The van der Waals surface area contributed by atoms with E-state index in [9.17, 15) is 5.11 Å². The summed E-state index contributed by atoms with van der Waals surface area (Å²) in [4.78, 5) is 4.27. The summed E-state index contributed by atoms with van der Waals surface area (Å²) in [5, 5.41) is 21.2. The number of benzene rings is 1. The lowest BCUT2D eigenvalue weighted by atomic mass is 10.1. The van der Waals surface area contributed by atoms with E-state index in [2.05, 4.69) is 20.5 Å². The number of phenolic OH excluding ortho intramolecular Hbond substituents is 1. The fraction of sp³-hybridized carbons (Fsp3) is 0.133. The molecule has 0 saturated carbocycles. The normalized spacial score (nSPS) is 10.6. The van der Waals surface area contributed by atoms with Gasteiger partial charge in [0.1, 0.15) is 11.6 Å². The van der Waals surface area contributed by atoms with Crippen LogP contribution in [0, 0.1) is 0 Å². The summed E-state index contributed by atoms with van der Waals surface area (Å²) in [6, 6.07) is 9.04. The minimum Gasteiger partial charge on any atom is -0.507 e. The molecule has 106 valence electrons. The van der Waals surface area contributed by atoms with Crippen molar-refractivity contribution < 1.29 is 5.11 Å². The first-order valence-electron chi connectivity index (χ1n) is 6.50. The summed E-state index contributed by atoms with van der Waals surface area (Å²) in [6.07, 6.45) is 3.62. The van der Waals surface area contributed by atoms with E-state index in [0.29, 0.717) is 17.1 Å². The molecule has 21 heavy (non-hydrogen) atoms. The summed E-state index contributed by atoms with van der Waals surface area (Å²) in [5.41, 5.74) is 2.94. The van der Waals surface area contributed by atoms with E-state index in [0.717, 1.165) is 11.3 Å². The molecule has 0 bridgehead atoms. The van der Waals surface area contributed by atoms with Gasteiger partial charge >= 0.3 is 0 Å². The predicted octanol–water partition coefficient (Wildman–Crippen LogP) is 2.29. The third-order valence-corrected chi connectivity index (χ3v) is 3.20. The molecule has 2 aromatic heterocycles. The van der Waals surface area contributed by atoms with Crippen LogP contribution in [0.3, 0.4) is 0 Å². The minimum absolute atomic E-state index is 0.157. The summed E-state index contributed by atoms with van der Waals surface area (Å²) in [6.45, 7) is 0. The number of anilines is 1. The summed E-state index contributed by atoms with van der Waals surface area (Å²) < 4.78 is 1.86. The molecule has 0 fully saturated rings. The number of aromatic hydroxyl groups is 1. The third kappa shape index (κ3) is 2.55. The molecule has 1 aromatic carbocycles. The van der Waals surface area contributed by atoms with Gasteiger partial charge in [-0.1, -0.05) is 6.07 Å². The first-order valence-corrected chi connectivity index (χ1v) is 6.50. The van der Waals surface area contributed by atoms with Crippen LogP contribution in [0.25, 0.3) is 22.5 Å². The molecule has 6 nitrogen and oxygen atoms in total. The Kier molecular flexibility index (Phi) is 3.27. The Hall–Kier alpha value is -2.89. The maximum Gasteiger partial charge on any atom is 0.148 e.